The highest BCUT2D eigenvalue weighted by Crippen LogP contribution is 2.16. The van der Waals surface area contributed by atoms with Gasteiger partial charge in [-0.3, -0.25) is 4.57 Å². The highest BCUT2D eigenvalue weighted by Gasteiger charge is 2.06. The first-order valence-electron chi connectivity index (χ1n) is 4.89. The number of aryl methyl sites for hydroxylation is 2. The molecular formula is C11H14N4. The van der Waals surface area contributed by atoms with Gasteiger partial charge in [0.15, 0.2) is 5.82 Å². The molecule has 1 aromatic carbocycles. The van der Waals surface area contributed by atoms with Gasteiger partial charge in [-0.05, 0) is 25.5 Å². The predicted molar refractivity (Wildman–Crippen MR) is 58.7 cm³/mol. The minimum atomic E-state index is 0.396. The van der Waals surface area contributed by atoms with E-state index in [1.165, 1.54) is 11.1 Å². The third-order valence-corrected chi connectivity index (χ3v) is 2.41. The van der Waals surface area contributed by atoms with Crippen molar-refractivity contribution in [3.63, 3.8) is 0 Å². The fourth-order valence-corrected chi connectivity index (χ4v) is 1.68. The highest BCUT2D eigenvalue weighted by molar-refractivity contribution is 5.42. The molecular weight excluding hydrogens is 188 g/mol. The molecule has 0 radical (unpaired) electrons. The molecule has 2 N–H and O–H groups in total. The SMILES string of the molecule is Cc1ccc(-n2cnnc2CN)c(C)c1. The molecule has 4 nitrogen and oxygen atoms in total. The van der Waals surface area contributed by atoms with E-state index in [0.29, 0.717) is 6.54 Å². The summed E-state index contributed by atoms with van der Waals surface area (Å²) < 4.78 is 1.93. The van der Waals surface area contributed by atoms with Crippen LogP contribution in [0.2, 0.25) is 0 Å². The Bertz CT molecular complexity index is 473. The maximum Gasteiger partial charge on any atom is 0.151 e. The molecule has 0 aliphatic rings. The van der Waals surface area contributed by atoms with Crippen molar-refractivity contribution in [2.24, 2.45) is 5.73 Å². The minimum Gasteiger partial charge on any atom is -0.324 e. The summed E-state index contributed by atoms with van der Waals surface area (Å²) in [5, 5.41) is 7.83. The maximum absolute atomic E-state index is 5.59. The van der Waals surface area contributed by atoms with E-state index in [1.54, 1.807) is 6.33 Å². The summed E-state index contributed by atoms with van der Waals surface area (Å²) in [7, 11) is 0. The summed E-state index contributed by atoms with van der Waals surface area (Å²) in [6.45, 7) is 4.54. The van der Waals surface area contributed by atoms with Crippen LogP contribution in [0.1, 0.15) is 17.0 Å². The molecule has 0 amide bonds. The Labute approximate surface area is 88.8 Å². The number of aromatic nitrogens is 3. The lowest BCUT2D eigenvalue weighted by Crippen LogP contribution is -2.07. The second kappa shape index (κ2) is 3.82. The van der Waals surface area contributed by atoms with E-state index in [9.17, 15) is 0 Å². The number of hydrogen-bond acceptors (Lipinski definition) is 3. The van der Waals surface area contributed by atoms with Crippen LogP contribution in [0.25, 0.3) is 5.69 Å². The average molecular weight is 202 g/mol. The van der Waals surface area contributed by atoms with Gasteiger partial charge in [-0.2, -0.15) is 0 Å². The first-order chi connectivity index (χ1) is 7.22. The molecule has 1 aromatic heterocycles. The van der Waals surface area contributed by atoms with E-state index in [2.05, 4.69) is 42.2 Å². The van der Waals surface area contributed by atoms with E-state index in [-0.39, 0.29) is 0 Å². The van der Waals surface area contributed by atoms with Crippen LogP contribution in [0.3, 0.4) is 0 Å². The molecule has 0 saturated heterocycles. The van der Waals surface area contributed by atoms with E-state index >= 15 is 0 Å². The van der Waals surface area contributed by atoms with Crippen molar-refractivity contribution in [2.75, 3.05) is 0 Å². The monoisotopic (exact) mass is 202 g/mol. The van der Waals surface area contributed by atoms with Gasteiger partial charge < -0.3 is 5.73 Å². The van der Waals surface area contributed by atoms with Crippen LogP contribution in [0.4, 0.5) is 0 Å². The first-order valence-corrected chi connectivity index (χ1v) is 4.89. The van der Waals surface area contributed by atoms with Crippen molar-refractivity contribution in [3.8, 4) is 5.69 Å². The summed E-state index contributed by atoms with van der Waals surface area (Å²) in [6.07, 6.45) is 1.69. The van der Waals surface area contributed by atoms with Crippen LogP contribution in [-0.2, 0) is 6.54 Å². The standard InChI is InChI=1S/C11H14N4/c1-8-3-4-10(9(2)5-8)15-7-13-14-11(15)6-12/h3-5,7H,6,12H2,1-2H3. The summed E-state index contributed by atoms with van der Waals surface area (Å²) >= 11 is 0. The Morgan fingerprint density at radius 3 is 2.80 bits per heavy atom. The Hall–Kier alpha value is -1.68. The van der Waals surface area contributed by atoms with E-state index in [0.717, 1.165) is 11.5 Å². The predicted octanol–water partition coefficient (Wildman–Crippen LogP) is 1.34. The molecule has 0 aliphatic heterocycles. The number of benzene rings is 1. The molecule has 0 bridgehead atoms. The number of nitrogens with zero attached hydrogens (tertiary/aromatic N) is 3. The van der Waals surface area contributed by atoms with Gasteiger partial charge in [-0.25, -0.2) is 0 Å². The van der Waals surface area contributed by atoms with Gasteiger partial charge in [-0.15, -0.1) is 10.2 Å². The third kappa shape index (κ3) is 1.76. The van der Waals surface area contributed by atoms with Gasteiger partial charge in [0.25, 0.3) is 0 Å². The molecule has 2 rings (SSSR count). The quantitative estimate of drug-likeness (QED) is 0.799. The Kier molecular flexibility index (Phi) is 2.51. The zero-order valence-corrected chi connectivity index (χ0v) is 8.94. The fourth-order valence-electron chi connectivity index (χ4n) is 1.68. The molecule has 0 fully saturated rings. The van der Waals surface area contributed by atoms with Gasteiger partial charge in [0, 0.05) is 0 Å². The average Bonchev–Trinajstić information content (AvgIpc) is 2.65. The molecule has 0 spiro atoms. The number of rotatable bonds is 2. The van der Waals surface area contributed by atoms with Crippen LogP contribution >= 0.6 is 0 Å². The molecule has 4 heteroatoms. The maximum atomic E-state index is 5.59. The lowest BCUT2D eigenvalue weighted by atomic mass is 10.1. The second-order valence-corrected chi connectivity index (χ2v) is 3.61. The molecule has 1 heterocycles. The summed E-state index contributed by atoms with van der Waals surface area (Å²) in [5.41, 5.74) is 9.13. The van der Waals surface area contributed by atoms with Crippen molar-refractivity contribution in [1.29, 1.82) is 0 Å². The highest BCUT2D eigenvalue weighted by atomic mass is 15.3. The molecule has 78 valence electrons. The second-order valence-electron chi connectivity index (χ2n) is 3.61. The first kappa shape index (κ1) is 9.86. The Morgan fingerprint density at radius 1 is 1.33 bits per heavy atom. The summed E-state index contributed by atoms with van der Waals surface area (Å²) in [6, 6.07) is 6.27. The van der Waals surface area contributed by atoms with Crippen molar-refractivity contribution in [2.45, 2.75) is 20.4 Å². The largest absolute Gasteiger partial charge is 0.324 e. The molecule has 0 atom stereocenters. The lowest BCUT2D eigenvalue weighted by molar-refractivity contribution is 0.856. The fraction of sp³-hybridized carbons (Fsp3) is 0.273. The van der Waals surface area contributed by atoms with Gasteiger partial charge >= 0.3 is 0 Å². The van der Waals surface area contributed by atoms with Crippen LogP contribution < -0.4 is 5.73 Å². The topological polar surface area (TPSA) is 56.7 Å². The van der Waals surface area contributed by atoms with E-state index < -0.39 is 0 Å². The van der Waals surface area contributed by atoms with Crippen LogP contribution in [-0.4, -0.2) is 14.8 Å². The minimum absolute atomic E-state index is 0.396. The van der Waals surface area contributed by atoms with E-state index in [1.807, 2.05) is 4.57 Å². The Morgan fingerprint density at radius 2 is 2.13 bits per heavy atom. The third-order valence-electron chi connectivity index (χ3n) is 2.41. The zero-order chi connectivity index (χ0) is 10.8. The Balaban J connectivity index is 2.54. The molecule has 2 aromatic rings. The smallest absolute Gasteiger partial charge is 0.151 e. The van der Waals surface area contributed by atoms with Crippen molar-refractivity contribution < 1.29 is 0 Å². The molecule has 0 unspecified atom stereocenters. The van der Waals surface area contributed by atoms with Gasteiger partial charge in [0.1, 0.15) is 6.33 Å². The summed E-state index contributed by atoms with van der Waals surface area (Å²) in [4.78, 5) is 0. The summed E-state index contributed by atoms with van der Waals surface area (Å²) in [5.74, 6) is 0.780. The number of hydrogen-bond donors (Lipinski definition) is 1. The van der Waals surface area contributed by atoms with Gasteiger partial charge in [0.2, 0.25) is 0 Å². The zero-order valence-electron chi connectivity index (χ0n) is 8.94. The molecule has 0 aliphatic carbocycles. The normalized spacial score (nSPS) is 10.6. The van der Waals surface area contributed by atoms with Gasteiger partial charge in [0.05, 0.1) is 12.2 Å². The van der Waals surface area contributed by atoms with Crippen LogP contribution in [0, 0.1) is 13.8 Å². The van der Waals surface area contributed by atoms with Gasteiger partial charge in [-0.1, -0.05) is 17.7 Å². The van der Waals surface area contributed by atoms with E-state index in [4.69, 9.17) is 5.73 Å². The van der Waals surface area contributed by atoms with Crippen LogP contribution in [0.5, 0.6) is 0 Å². The number of nitrogens with two attached hydrogens (primary N) is 1. The van der Waals surface area contributed by atoms with Crippen molar-refractivity contribution >= 4 is 0 Å². The van der Waals surface area contributed by atoms with Crippen molar-refractivity contribution in [3.05, 3.63) is 41.5 Å². The van der Waals surface area contributed by atoms with Crippen molar-refractivity contribution in [1.82, 2.24) is 14.8 Å². The molecule has 0 saturated carbocycles. The van der Waals surface area contributed by atoms with Crippen LogP contribution in [0.15, 0.2) is 24.5 Å². The lowest BCUT2D eigenvalue weighted by Gasteiger charge is -2.09. The molecule has 15 heavy (non-hydrogen) atoms.